The van der Waals surface area contributed by atoms with Crippen LogP contribution in [0.3, 0.4) is 0 Å². The fraction of sp³-hybridized carbons (Fsp3) is 0.667. The number of ketones is 1. The van der Waals surface area contributed by atoms with Crippen molar-refractivity contribution in [3.63, 3.8) is 0 Å². The van der Waals surface area contributed by atoms with Crippen LogP contribution in [0.5, 0.6) is 0 Å². The van der Waals surface area contributed by atoms with Crippen LogP contribution >= 0.6 is 24.8 Å². The van der Waals surface area contributed by atoms with Gasteiger partial charge in [-0.25, -0.2) is 0 Å². The van der Waals surface area contributed by atoms with Crippen molar-refractivity contribution in [1.82, 2.24) is 0 Å². The zero-order chi connectivity index (χ0) is 4.99. The average Bonchev–Trinajstić information content (AvgIpc) is 1.65. The first-order chi connectivity index (χ1) is 2.81. The van der Waals surface area contributed by atoms with Gasteiger partial charge in [0.15, 0.2) is 5.78 Å². The van der Waals surface area contributed by atoms with Gasteiger partial charge in [0.2, 0.25) is 0 Å². The molecule has 6 heteroatoms. The fourth-order valence-electron chi connectivity index (χ4n) is 0.0833. The number of rotatable bonds is 2. The molecule has 6 N–H and O–H groups in total. The Labute approximate surface area is 66.1 Å². The molecule has 9 heavy (non-hydrogen) atoms. The van der Waals surface area contributed by atoms with E-state index in [0.717, 1.165) is 0 Å². The maximum absolute atomic E-state index is 9.93. The summed E-state index contributed by atoms with van der Waals surface area (Å²) >= 11 is 0. The smallest absolute Gasteiger partial charge is 0.159 e. The van der Waals surface area contributed by atoms with Crippen molar-refractivity contribution in [2.45, 2.75) is 0 Å². The molecule has 0 aliphatic heterocycles. The molecule has 0 aliphatic rings. The third-order valence-corrected chi connectivity index (χ3v) is 0.455. The molecule has 0 atom stereocenters. The maximum Gasteiger partial charge on any atom is 0.159 e. The molecule has 0 bridgehead atoms. The number of nitrogens with two attached hydrogens (primary N) is 2. The average molecular weight is 179 g/mol. The summed E-state index contributed by atoms with van der Waals surface area (Å²) < 4.78 is 0. The number of carbonyl (C=O) groups excluding carboxylic acids is 1. The highest BCUT2D eigenvalue weighted by atomic mass is 35.5. The first kappa shape index (κ1) is 22.9. The summed E-state index contributed by atoms with van der Waals surface area (Å²) in [4.78, 5) is 9.93. The molecule has 0 fully saturated rings. The second-order valence-corrected chi connectivity index (χ2v) is 0.947. The lowest BCUT2D eigenvalue weighted by atomic mass is 10.4. The van der Waals surface area contributed by atoms with E-state index in [1.807, 2.05) is 0 Å². The van der Waals surface area contributed by atoms with Crippen molar-refractivity contribution in [1.29, 1.82) is 0 Å². The predicted octanol–water partition coefficient (Wildman–Crippen LogP) is -1.51. The highest BCUT2D eigenvalue weighted by molar-refractivity contribution is 5.85. The van der Waals surface area contributed by atoms with Gasteiger partial charge in [-0.15, -0.1) is 24.8 Å². The van der Waals surface area contributed by atoms with Crippen molar-refractivity contribution in [2.24, 2.45) is 11.5 Å². The third-order valence-electron chi connectivity index (χ3n) is 0.455. The van der Waals surface area contributed by atoms with Crippen LogP contribution in [-0.2, 0) is 4.79 Å². The quantitative estimate of drug-likeness (QED) is 0.538. The summed E-state index contributed by atoms with van der Waals surface area (Å²) in [6, 6.07) is 0. The molecule has 0 heterocycles. The van der Waals surface area contributed by atoms with Crippen LogP contribution in [-0.4, -0.2) is 24.3 Å². The second-order valence-electron chi connectivity index (χ2n) is 0.947. The lowest BCUT2D eigenvalue weighted by Crippen LogP contribution is -2.22. The van der Waals surface area contributed by atoms with E-state index in [0.29, 0.717) is 0 Å². The molecule has 0 aliphatic carbocycles. The maximum atomic E-state index is 9.93. The normalized spacial score (nSPS) is 5.56. The van der Waals surface area contributed by atoms with Crippen LogP contribution in [0, 0.1) is 0 Å². The summed E-state index contributed by atoms with van der Waals surface area (Å²) in [6.07, 6.45) is 0. The molecule has 0 spiro atoms. The van der Waals surface area contributed by atoms with Crippen LogP contribution in [0.25, 0.3) is 0 Å². The van der Waals surface area contributed by atoms with Crippen molar-refractivity contribution in [3.8, 4) is 0 Å². The minimum absolute atomic E-state index is 0. The van der Waals surface area contributed by atoms with Crippen LogP contribution in [0.4, 0.5) is 0 Å². The predicted molar refractivity (Wildman–Crippen MR) is 41.2 cm³/mol. The summed E-state index contributed by atoms with van der Waals surface area (Å²) in [5.41, 5.74) is 9.71. The van der Waals surface area contributed by atoms with E-state index in [1.165, 1.54) is 0 Å². The molecule has 0 amide bonds. The van der Waals surface area contributed by atoms with Gasteiger partial charge >= 0.3 is 0 Å². The van der Waals surface area contributed by atoms with Crippen molar-refractivity contribution in [3.05, 3.63) is 0 Å². The molecule has 0 rings (SSSR count). The number of Topliss-reactive ketones (excluding diaryl/α,β-unsaturated/α-hetero) is 1. The van der Waals surface area contributed by atoms with Crippen LogP contribution in [0.2, 0.25) is 0 Å². The lowest BCUT2D eigenvalue weighted by Gasteiger charge is -1.82. The van der Waals surface area contributed by atoms with E-state index in [-0.39, 0.29) is 49.2 Å². The molecule has 0 saturated carbocycles. The van der Waals surface area contributed by atoms with E-state index >= 15 is 0 Å². The Bertz CT molecular complexity index is 55.8. The van der Waals surface area contributed by atoms with Gasteiger partial charge in [-0.1, -0.05) is 0 Å². The van der Waals surface area contributed by atoms with Gasteiger partial charge in [0.05, 0.1) is 13.1 Å². The molecular weight excluding hydrogens is 167 g/mol. The van der Waals surface area contributed by atoms with E-state index in [9.17, 15) is 4.79 Å². The van der Waals surface area contributed by atoms with E-state index in [4.69, 9.17) is 11.5 Å². The van der Waals surface area contributed by atoms with Crippen LogP contribution in [0.15, 0.2) is 0 Å². The molecule has 0 aromatic heterocycles. The third kappa shape index (κ3) is 17.9. The Morgan fingerprint density at radius 1 is 1.11 bits per heavy atom. The molecular formula is C3H12Cl2N2O2. The van der Waals surface area contributed by atoms with Crippen molar-refractivity contribution >= 4 is 30.6 Å². The SMILES string of the molecule is Cl.Cl.NCC(=O)CN.O. The summed E-state index contributed by atoms with van der Waals surface area (Å²) in [5, 5.41) is 0. The van der Waals surface area contributed by atoms with Gasteiger partial charge in [0, 0.05) is 0 Å². The standard InChI is InChI=1S/C3H8N2O.2ClH.H2O/c4-1-3(6)2-5;;;/h1-2,4-5H2;2*1H;1H2. The number of hydrogen-bond donors (Lipinski definition) is 2. The van der Waals surface area contributed by atoms with E-state index in [2.05, 4.69) is 0 Å². The Balaban J connectivity index is -0.0000000417. The van der Waals surface area contributed by atoms with E-state index in [1.54, 1.807) is 0 Å². The number of carbonyl (C=O) groups is 1. The fourth-order valence-corrected chi connectivity index (χ4v) is 0.0833. The monoisotopic (exact) mass is 178 g/mol. The van der Waals surface area contributed by atoms with Crippen LogP contribution < -0.4 is 11.5 Å². The molecule has 0 unspecified atom stereocenters. The number of halogens is 2. The summed E-state index contributed by atoms with van der Waals surface area (Å²) in [5.74, 6) is -0.102. The number of hydrogen-bond acceptors (Lipinski definition) is 3. The molecule has 0 aromatic rings. The zero-order valence-electron chi connectivity index (χ0n) is 4.79. The first-order valence-corrected chi connectivity index (χ1v) is 1.73. The Kier molecular flexibility index (Phi) is 40.0. The lowest BCUT2D eigenvalue weighted by molar-refractivity contribution is -0.116. The molecule has 0 radical (unpaired) electrons. The Morgan fingerprint density at radius 3 is 1.33 bits per heavy atom. The molecule has 0 saturated heterocycles. The molecule has 4 nitrogen and oxygen atoms in total. The highest BCUT2D eigenvalue weighted by Crippen LogP contribution is 1.52. The minimum Gasteiger partial charge on any atom is -0.412 e. The van der Waals surface area contributed by atoms with Crippen LogP contribution in [0.1, 0.15) is 0 Å². The molecule has 0 aromatic carbocycles. The van der Waals surface area contributed by atoms with E-state index < -0.39 is 0 Å². The van der Waals surface area contributed by atoms with Gasteiger partial charge in [-0.05, 0) is 0 Å². The Morgan fingerprint density at radius 2 is 1.33 bits per heavy atom. The van der Waals surface area contributed by atoms with Crippen molar-refractivity contribution < 1.29 is 10.3 Å². The minimum atomic E-state index is -0.102. The van der Waals surface area contributed by atoms with Gasteiger partial charge in [-0.2, -0.15) is 0 Å². The zero-order valence-corrected chi connectivity index (χ0v) is 6.43. The van der Waals surface area contributed by atoms with Gasteiger partial charge in [0.1, 0.15) is 0 Å². The van der Waals surface area contributed by atoms with Gasteiger partial charge in [-0.3, -0.25) is 4.79 Å². The first-order valence-electron chi connectivity index (χ1n) is 1.73. The second kappa shape index (κ2) is 15.7. The molecule has 60 valence electrons. The Hall–Kier alpha value is 0.130. The van der Waals surface area contributed by atoms with Crippen molar-refractivity contribution in [2.75, 3.05) is 13.1 Å². The topological polar surface area (TPSA) is 101 Å². The van der Waals surface area contributed by atoms with Gasteiger partial charge < -0.3 is 16.9 Å². The van der Waals surface area contributed by atoms with Gasteiger partial charge in [0.25, 0.3) is 0 Å². The largest absolute Gasteiger partial charge is 0.412 e. The summed E-state index contributed by atoms with van der Waals surface area (Å²) in [7, 11) is 0. The highest BCUT2D eigenvalue weighted by Gasteiger charge is 1.87. The summed E-state index contributed by atoms with van der Waals surface area (Å²) in [6.45, 7) is 0.132.